The smallest absolute Gasteiger partial charge is 0.0640 e. The summed E-state index contributed by atoms with van der Waals surface area (Å²) in [7, 11) is 0. The van der Waals surface area contributed by atoms with E-state index in [1.807, 2.05) is 11.3 Å². The molecule has 0 radical (unpaired) electrons. The second-order valence-electron chi connectivity index (χ2n) is 14.9. The second-order valence-corrected chi connectivity index (χ2v) is 15.9. The van der Waals surface area contributed by atoms with E-state index in [2.05, 4.69) is 216 Å². The summed E-state index contributed by atoms with van der Waals surface area (Å²) in [6.45, 7) is 0. The Labute approximate surface area is 333 Å². The average molecular weight is 743 g/mol. The van der Waals surface area contributed by atoms with E-state index in [0.717, 1.165) is 11.4 Å². The van der Waals surface area contributed by atoms with Crippen LogP contribution >= 0.6 is 11.3 Å². The Balaban J connectivity index is 0.984. The molecule has 0 saturated carbocycles. The molecule has 12 rings (SSSR count). The highest BCUT2D eigenvalue weighted by atomic mass is 32.1. The Bertz CT molecular complexity index is 3490. The number of hydrogen-bond donors (Lipinski definition) is 0. The number of fused-ring (bicyclic) bond motifs is 12. The Morgan fingerprint density at radius 2 is 0.895 bits per heavy atom. The average Bonchev–Trinajstić information content (AvgIpc) is 3.83. The molecule has 0 aliphatic rings. The van der Waals surface area contributed by atoms with E-state index in [1.54, 1.807) is 0 Å². The van der Waals surface area contributed by atoms with Crippen LogP contribution in [0.4, 0.5) is 17.1 Å². The van der Waals surface area contributed by atoms with Gasteiger partial charge in [0.25, 0.3) is 0 Å². The SMILES string of the molecule is c1ccc(N(c2ccc(-c3ccc4c(c3)c3ccccc3n4-c3ccc4c5ccccc5c5ccccc5c4c3)cc2)c2cccc3c2sc2ccccc23)cc1. The van der Waals surface area contributed by atoms with Crippen molar-refractivity contribution < 1.29 is 0 Å². The van der Waals surface area contributed by atoms with Gasteiger partial charge in [0.2, 0.25) is 0 Å². The van der Waals surface area contributed by atoms with E-state index < -0.39 is 0 Å². The van der Waals surface area contributed by atoms with Crippen LogP contribution < -0.4 is 4.90 Å². The van der Waals surface area contributed by atoms with Crippen molar-refractivity contribution in [3.8, 4) is 16.8 Å². The maximum Gasteiger partial charge on any atom is 0.0640 e. The van der Waals surface area contributed by atoms with E-state index in [0.29, 0.717) is 0 Å². The van der Waals surface area contributed by atoms with Crippen LogP contribution in [0.5, 0.6) is 0 Å². The molecule has 2 aromatic heterocycles. The third kappa shape index (κ3) is 4.96. The van der Waals surface area contributed by atoms with Gasteiger partial charge in [-0.05, 0) is 110 Å². The number of thiophene rings is 1. The molecule has 0 aliphatic heterocycles. The molecule has 2 heterocycles. The monoisotopic (exact) mass is 742 g/mol. The predicted octanol–water partition coefficient (Wildman–Crippen LogP) is 15.7. The van der Waals surface area contributed by atoms with Crippen LogP contribution in [0.15, 0.2) is 206 Å². The number of para-hydroxylation sites is 2. The number of rotatable bonds is 5. The number of benzene rings is 10. The summed E-state index contributed by atoms with van der Waals surface area (Å²) in [5.74, 6) is 0. The molecule has 0 aliphatic carbocycles. The lowest BCUT2D eigenvalue weighted by molar-refractivity contribution is 1.19. The van der Waals surface area contributed by atoms with Gasteiger partial charge in [0.05, 0.1) is 21.4 Å². The molecule has 0 atom stereocenters. The van der Waals surface area contributed by atoms with Crippen molar-refractivity contribution in [2.75, 3.05) is 4.90 Å². The van der Waals surface area contributed by atoms with Gasteiger partial charge < -0.3 is 9.47 Å². The first-order valence-corrected chi connectivity index (χ1v) is 20.3. The highest BCUT2D eigenvalue weighted by Gasteiger charge is 2.19. The van der Waals surface area contributed by atoms with E-state index in [4.69, 9.17) is 0 Å². The summed E-state index contributed by atoms with van der Waals surface area (Å²) < 4.78 is 5.04. The van der Waals surface area contributed by atoms with Crippen molar-refractivity contribution in [1.29, 1.82) is 0 Å². The molecule has 0 bridgehead atoms. The van der Waals surface area contributed by atoms with Crippen LogP contribution in [0.1, 0.15) is 0 Å². The summed E-state index contributed by atoms with van der Waals surface area (Å²) in [6.07, 6.45) is 0. The van der Waals surface area contributed by atoms with Gasteiger partial charge in [0, 0.05) is 43.3 Å². The van der Waals surface area contributed by atoms with Crippen LogP contribution in [-0.4, -0.2) is 4.57 Å². The Kier molecular flexibility index (Phi) is 7.13. The highest BCUT2D eigenvalue weighted by molar-refractivity contribution is 7.26. The van der Waals surface area contributed by atoms with Crippen molar-refractivity contribution in [3.05, 3.63) is 206 Å². The molecule has 57 heavy (non-hydrogen) atoms. The van der Waals surface area contributed by atoms with Crippen LogP contribution in [0, 0.1) is 0 Å². The van der Waals surface area contributed by atoms with Gasteiger partial charge in [-0.15, -0.1) is 11.3 Å². The minimum absolute atomic E-state index is 1.13. The first kappa shape index (κ1) is 32.1. The van der Waals surface area contributed by atoms with Crippen molar-refractivity contribution >= 4 is 103 Å². The molecule has 0 amide bonds. The van der Waals surface area contributed by atoms with Crippen molar-refractivity contribution in [1.82, 2.24) is 4.57 Å². The van der Waals surface area contributed by atoms with Crippen LogP contribution in [0.3, 0.4) is 0 Å². The zero-order valence-electron chi connectivity index (χ0n) is 30.9. The summed E-state index contributed by atoms with van der Waals surface area (Å²) >= 11 is 1.87. The maximum atomic E-state index is 2.44. The minimum atomic E-state index is 1.13. The summed E-state index contributed by atoms with van der Waals surface area (Å²) in [5.41, 5.74) is 9.42. The number of hydrogen-bond acceptors (Lipinski definition) is 2. The lowest BCUT2D eigenvalue weighted by atomic mass is 9.94. The molecule has 3 heteroatoms. The van der Waals surface area contributed by atoms with Crippen LogP contribution in [-0.2, 0) is 0 Å². The lowest BCUT2D eigenvalue weighted by Crippen LogP contribution is -2.09. The third-order valence-electron chi connectivity index (χ3n) is 11.8. The van der Waals surface area contributed by atoms with E-state index >= 15 is 0 Å². The van der Waals surface area contributed by atoms with Gasteiger partial charge in [-0.3, -0.25) is 0 Å². The van der Waals surface area contributed by atoms with Gasteiger partial charge in [0.15, 0.2) is 0 Å². The van der Waals surface area contributed by atoms with Crippen molar-refractivity contribution in [2.24, 2.45) is 0 Å². The molecular weight excluding hydrogens is 709 g/mol. The summed E-state index contributed by atoms with van der Waals surface area (Å²) in [6, 6.07) is 75.6. The fourth-order valence-electron chi connectivity index (χ4n) is 9.18. The molecule has 0 fully saturated rings. The first-order chi connectivity index (χ1) is 28.3. The van der Waals surface area contributed by atoms with Crippen molar-refractivity contribution in [3.63, 3.8) is 0 Å². The quantitative estimate of drug-likeness (QED) is 0.159. The molecule has 2 nitrogen and oxygen atoms in total. The molecule has 266 valence electrons. The Hall–Kier alpha value is -7.20. The summed E-state index contributed by atoms with van der Waals surface area (Å²) in [5, 5.41) is 12.8. The second kappa shape index (κ2) is 12.7. The molecule has 12 aromatic rings. The molecule has 0 N–H and O–H groups in total. The van der Waals surface area contributed by atoms with E-state index in [1.165, 1.54) is 96.8 Å². The number of anilines is 3. The van der Waals surface area contributed by atoms with Crippen LogP contribution in [0.2, 0.25) is 0 Å². The first-order valence-electron chi connectivity index (χ1n) is 19.5. The molecule has 0 saturated heterocycles. The molecule has 10 aromatic carbocycles. The Morgan fingerprint density at radius 1 is 0.333 bits per heavy atom. The fourth-order valence-corrected chi connectivity index (χ4v) is 10.4. The molecule has 0 spiro atoms. The largest absolute Gasteiger partial charge is 0.309 e. The Morgan fingerprint density at radius 3 is 1.65 bits per heavy atom. The zero-order valence-corrected chi connectivity index (χ0v) is 31.7. The van der Waals surface area contributed by atoms with Gasteiger partial charge in [-0.1, -0.05) is 140 Å². The number of nitrogens with zero attached hydrogens (tertiary/aromatic N) is 2. The van der Waals surface area contributed by atoms with Gasteiger partial charge in [0.1, 0.15) is 0 Å². The van der Waals surface area contributed by atoms with Gasteiger partial charge in [-0.25, -0.2) is 0 Å². The summed E-state index contributed by atoms with van der Waals surface area (Å²) in [4.78, 5) is 2.40. The van der Waals surface area contributed by atoms with E-state index in [9.17, 15) is 0 Å². The number of aromatic nitrogens is 1. The normalized spacial score (nSPS) is 11.9. The minimum Gasteiger partial charge on any atom is -0.309 e. The highest BCUT2D eigenvalue weighted by Crippen LogP contribution is 2.45. The molecule has 0 unspecified atom stereocenters. The topological polar surface area (TPSA) is 8.17 Å². The fraction of sp³-hybridized carbons (Fsp3) is 0. The lowest BCUT2D eigenvalue weighted by Gasteiger charge is -2.26. The predicted molar refractivity (Wildman–Crippen MR) is 246 cm³/mol. The zero-order chi connectivity index (χ0) is 37.5. The molecular formula is C54H34N2S. The van der Waals surface area contributed by atoms with Gasteiger partial charge >= 0.3 is 0 Å². The standard InChI is InChI=1S/C54H34N2S/c1-2-13-37(14-3-1)55(52-23-12-21-47-46-20-9-11-24-53(46)57-54(47)52)38-28-25-35(26-29-38)36-27-32-51-49(33-36)45-19-8-10-22-50(45)56(51)39-30-31-44-42-17-5-4-15-40(42)41-16-6-7-18-43(41)48(44)34-39/h1-34H. The van der Waals surface area contributed by atoms with Gasteiger partial charge in [-0.2, -0.15) is 0 Å². The maximum absolute atomic E-state index is 2.44. The van der Waals surface area contributed by atoms with Crippen molar-refractivity contribution in [2.45, 2.75) is 0 Å². The van der Waals surface area contributed by atoms with E-state index in [-0.39, 0.29) is 0 Å². The third-order valence-corrected chi connectivity index (χ3v) is 13.0. The van der Waals surface area contributed by atoms with Crippen LogP contribution in [0.25, 0.3) is 91.1 Å².